The average molecular weight is 360 g/mol. The first kappa shape index (κ1) is 17.1. The standard InChI is InChI=1S/C21H20N4O2/c26-21(16-8-10-22-11-9-16)25-12-4-5-17(15-25)19-13-23-14-20(24-19)27-18-6-2-1-3-7-18/h1-3,6-11,13-14,17H,4-5,12,15H2/t17-/m0/s1. The number of piperidine rings is 1. The van der Waals surface area contributed by atoms with Gasteiger partial charge in [0.1, 0.15) is 5.75 Å². The zero-order chi connectivity index (χ0) is 18.5. The minimum Gasteiger partial charge on any atom is -0.437 e. The molecule has 0 aliphatic carbocycles. The number of hydrogen-bond acceptors (Lipinski definition) is 5. The third kappa shape index (κ3) is 4.11. The highest BCUT2D eigenvalue weighted by atomic mass is 16.5. The summed E-state index contributed by atoms with van der Waals surface area (Å²) in [5.74, 6) is 1.38. The summed E-state index contributed by atoms with van der Waals surface area (Å²) in [5.41, 5.74) is 1.52. The van der Waals surface area contributed by atoms with Crippen LogP contribution >= 0.6 is 0 Å². The smallest absolute Gasteiger partial charge is 0.253 e. The van der Waals surface area contributed by atoms with E-state index in [9.17, 15) is 4.79 Å². The number of para-hydroxylation sites is 1. The van der Waals surface area contributed by atoms with Crippen LogP contribution in [0.5, 0.6) is 11.6 Å². The highest BCUT2D eigenvalue weighted by Crippen LogP contribution is 2.28. The van der Waals surface area contributed by atoms with E-state index in [0.717, 1.165) is 30.8 Å². The Kier molecular flexibility index (Phi) is 5.05. The van der Waals surface area contributed by atoms with Gasteiger partial charge in [-0.2, -0.15) is 0 Å². The minimum atomic E-state index is 0.0340. The van der Waals surface area contributed by atoms with Crippen LogP contribution in [0, 0.1) is 0 Å². The topological polar surface area (TPSA) is 68.2 Å². The highest BCUT2D eigenvalue weighted by Gasteiger charge is 2.26. The van der Waals surface area contributed by atoms with Crippen LogP contribution in [0.25, 0.3) is 0 Å². The molecule has 0 bridgehead atoms. The van der Waals surface area contributed by atoms with Crippen LogP contribution in [0.4, 0.5) is 0 Å². The Bertz CT molecular complexity index is 902. The molecule has 136 valence electrons. The average Bonchev–Trinajstić information content (AvgIpc) is 2.75. The van der Waals surface area contributed by atoms with Crippen LogP contribution in [0.1, 0.15) is 34.8 Å². The molecule has 0 spiro atoms. The number of aromatic nitrogens is 3. The fourth-order valence-electron chi connectivity index (χ4n) is 3.30. The normalized spacial score (nSPS) is 16.7. The maximum Gasteiger partial charge on any atom is 0.253 e. The summed E-state index contributed by atoms with van der Waals surface area (Å²) in [6, 6.07) is 13.0. The van der Waals surface area contributed by atoms with Crippen molar-refractivity contribution in [3.8, 4) is 11.6 Å². The van der Waals surface area contributed by atoms with Crippen molar-refractivity contribution < 1.29 is 9.53 Å². The largest absolute Gasteiger partial charge is 0.437 e. The minimum absolute atomic E-state index is 0.0340. The molecule has 3 heterocycles. The maximum atomic E-state index is 12.7. The Morgan fingerprint density at radius 1 is 1.04 bits per heavy atom. The molecule has 0 unspecified atom stereocenters. The number of pyridine rings is 1. The molecule has 0 radical (unpaired) electrons. The van der Waals surface area contributed by atoms with Crippen LogP contribution < -0.4 is 4.74 Å². The van der Waals surface area contributed by atoms with Crippen molar-refractivity contribution in [2.75, 3.05) is 13.1 Å². The van der Waals surface area contributed by atoms with Crippen molar-refractivity contribution in [1.82, 2.24) is 19.9 Å². The summed E-state index contributed by atoms with van der Waals surface area (Å²) < 4.78 is 5.79. The van der Waals surface area contributed by atoms with Crippen LogP contribution in [-0.4, -0.2) is 38.8 Å². The number of amides is 1. The number of benzene rings is 1. The Balaban J connectivity index is 1.48. The summed E-state index contributed by atoms with van der Waals surface area (Å²) >= 11 is 0. The van der Waals surface area contributed by atoms with Crippen LogP contribution in [0.2, 0.25) is 0 Å². The van der Waals surface area contributed by atoms with Gasteiger partial charge in [-0.05, 0) is 37.1 Å². The summed E-state index contributed by atoms with van der Waals surface area (Å²) in [7, 11) is 0. The first-order valence-electron chi connectivity index (χ1n) is 9.04. The molecule has 1 amide bonds. The van der Waals surface area contributed by atoms with Gasteiger partial charge in [0.05, 0.1) is 11.9 Å². The summed E-state index contributed by atoms with van der Waals surface area (Å²) in [4.78, 5) is 27.5. The van der Waals surface area contributed by atoms with Gasteiger partial charge in [-0.15, -0.1) is 0 Å². The second kappa shape index (κ2) is 7.95. The number of nitrogens with zero attached hydrogens (tertiary/aromatic N) is 4. The van der Waals surface area contributed by atoms with E-state index in [0.29, 0.717) is 18.0 Å². The molecular formula is C21H20N4O2. The molecule has 1 aromatic carbocycles. The molecular weight excluding hydrogens is 340 g/mol. The second-order valence-corrected chi connectivity index (χ2v) is 6.52. The Morgan fingerprint density at radius 3 is 2.67 bits per heavy atom. The molecule has 0 saturated carbocycles. The lowest BCUT2D eigenvalue weighted by molar-refractivity contribution is 0.0705. The van der Waals surface area contributed by atoms with Gasteiger partial charge >= 0.3 is 0 Å². The third-order valence-electron chi connectivity index (χ3n) is 4.65. The van der Waals surface area contributed by atoms with Gasteiger partial charge in [-0.3, -0.25) is 14.8 Å². The van der Waals surface area contributed by atoms with Gasteiger partial charge in [0.2, 0.25) is 5.88 Å². The number of hydrogen-bond donors (Lipinski definition) is 0. The van der Waals surface area contributed by atoms with E-state index in [2.05, 4.69) is 15.0 Å². The number of rotatable bonds is 4. The van der Waals surface area contributed by atoms with Crippen molar-refractivity contribution in [3.63, 3.8) is 0 Å². The molecule has 3 aromatic rings. The lowest BCUT2D eigenvalue weighted by atomic mass is 9.94. The summed E-state index contributed by atoms with van der Waals surface area (Å²) in [6.07, 6.45) is 8.58. The van der Waals surface area contributed by atoms with Gasteiger partial charge in [-0.25, -0.2) is 4.98 Å². The van der Waals surface area contributed by atoms with Crippen molar-refractivity contribution in [3.05, 3.63) is 78.5 Å². The Hall–Kier alpha value is -3.28. The molecule has 1 saturated heterocycles. The highest BCUT2D eigenvalue weighted by molar-refractivity contribution is 5.94. The van der Waals surface area contributed by atoms with Gasteiger partial charge in [0, 0.05) is 43.2 Å². The summed E-state index contributed by atoms with van der Waals surface area (Å²) in [6.45, 7) is 1.38. The van der Waals surface area contributed by atoms with Crippen molar-refractivity contribution in [2.24, 2.45) is 0 Å². The maximum absolute atomic E-state index is 12.7. The number of ether oxygens (including phenoxy) is 1. The molecule has 6 nitrogen and oxygen atoms in total. The van der Waals surface area contributed by atoms with Gasteiger partial charge in [0.15, 0.2) is 0 Å². The fraction of sp³-hybridized carbons (Fsp3) is 0.238. The monoisotopic (exact) mass is 360 g/mol. The van der Waals surface area contributed by atoms with E-state index in [-0.39, 0.29) is 11.8 Å². The molecule has 27 heavy (non-hydrogen) atoms. The lowest BCUT2D eigenvalue weighted by Gasteiger charge is -2.32. The first-order chi connectivity index (χ1) is 13.3. The molecule has 1 aliphatic heterocycles. The molecule has 1 fully saturated rings. The third-order valence-corrected chi connectivity index (χ3v) is 4.65. The predicted molar refractivity (Wildman–Crippen MR) is 101 cm³/mol. The first-order valence-corrected chi connectivity index (χ1v) is 9.04. The Labute approximate surface area is 157 Å². The molecule has 6 heteroatoms. The predicted octanol–water partition coefficient (Wildman–Crippen LogP) is 3.68. The second-order valence-electron chi connectivity index (χ2n) is 6.52. The number of likely N-dealkylation sites (tertiary alicyclic amines) is 1. The van der Waals surface area contributed by atoms with Crippen molar-refractivity contribution in [2.45, 2.75) is 18.8 Å². The molecule has 1 aliphatic rings. The molecule has 1 atom stereocenters. The van der Waals surface area contributed by atoms with E-state index in [1.807, 2.05) is 35.2 Å². The fourth-order valence-corrected chi connectivity index (χ4v) is 3.30. The van der Waals surface area contributed by atoms with Crippen LogP contribution in [0.15, 0.2) is 67.3 Å². The van der Waals surface area contributed by atoms with Crippen molar-refractivity contribution in [1.29, 1.82) is 0 Å². The molecule has 2 aromatic heterocycles. The van der Waals surface area contributed by atoms with Gasteiger partial charge < -0.3 is 9.64 Å². The van der Waals surface area contributed by atoms with E-state index in [4.69, 9.17) is 4.74 Å². The Morgan fingerprint density at radius 2 is 1.85 bits per heavy atom. The van der Waals surface area contributed by atoms with Crippen LogP contribution in [0.3, 0.4) is 0 Å². The van der Waals surface area contributed by atoms with Crippen molar-refractivity contribution >= 4 is 5.91 Å². The van der Waals surface area contributed by atoms with E-state index >= 15 is 0 Å². The van der Waals surface area contributed by atoms with Gasteiger partial charge in [-0.1, -0.05) is 18.2 Å². The molecule has 0 N–H and O–H groups in total. The van der Waals surface area contributed by atoms with Gasteiger partial charge in [0.25, 0.3) is 5.91 Å². The quantitative estimate of drug-likeness (QED) is 0.710. The molecule has 4 rings (SSSR count). The number of carbonyl (C=O) groups excluding carboxylic acids is 1. The zero-order valence-corrected chi connectivity index (χ0v) is 14.9. The lowest BCUT2D eigenvalue weighted by Crippen LogP contribution is -2.39. The van der Waals surface area contributed by atoms with Crippen LogP contribution in [-0.2, 0) is 0 Å². The SMILES string of the molecule is O=C(c1ccncc1)N1CCC[C@H](c2cncc(Oc3ccccc3)n2)C1. The number of carbonyl (C=O) groups is 1. The van der Waals surface area contributed by atoms with E-state index in [1.54, 1.807) is 36.9 Å². The van der Waals surface area contributed by atoms with E-state index < -0.39 is 0 Å². The zero-order valence-electron chi connectivity index (χ0n) is 14.9. The van der Waals surface area contributed by atoms with E-state index in [1.165, 1.54) is 0 Å². The summed E-state index contributed by atoms with van der Waals surface area (Å²) in [5, 5.41) is 0.